The predicted molar refractivity (Wildman–Crippen MR) is 149 cm³/mol. The van der Waals surface area contributed by atoms with Gasteiger partial charge in [-0.1, -0.05) is 61.3 Å². The molecule has 1 saturated carbocycles. The summed E-state index contributed by atoms with van der Waals surface area (Å²) in [5.41, 5.74) is 1.74. The molecule has 4 rings (SSSR count). The molecule has 2 aromatic rings. The highest BCUT2D eigenvalue weighted by Gasteiger charge is 2.49. The van der Waals surface area contributed by atoms with Crippen LogP contribution in [-0.2, 0) is 19.6 Å². The van der Waals surface area contributed by atoms with Gasteiger partial charge in [-0.25, -0.2) is 12.7 Å². The van der Waals surface area contributed by atoms with Crippen LogP contribution in [0.25, 0.3) is 0 Å². The van der Waals surface area contributed by atoms with Crippen molar-refractivity contribution in [2.45, 2.75) is 62.8 Å². The zero-order valence-electron chi connectivity index (χ0n) is 21.8. The number of likely N-dealkylation sites (N-methyl/N-ethyl adjacent to an activating group) is 1. The summed E-state index contributed by atoms with van der Waals surface area (Å²) in [5, 5.41) is 10.6. The standard InChI is InChI=1S/C28H34Cl2N2O5S/c1-4-22(16-31(3)38(36,37)23-12-13-23)32-26(18-8-10-20(29)11-9-18)25(19-6-5-7-21(30)14-19)15-24(27(32)33)17(2)28(34)35/h5-11,14,17,22-26H,4,12-13,15-16H2,1-3H3,(H,34,35)/t17?,22?,24-,25+,26+/m0/s1. The summed E-state index contributed by atoms with van der Waals surface area (Å²) in [4.78, 5) is 28.0. The van der Waals surface area contributed by atoms with Crippen LogP contribution < -0.4 is 0 Å². The maximum atomic E-state index is 14.2. The molecule has 1 saturated heterocycles. The van der Waals surface area contributed by atoms with Gasteiger partial charge in [0.25, 0.3) is 0 Å². The highest BCUT2D eigenvalue weighted by atomic mass is 35.5. The number of aliphatic carboxylic acids is 1. The van der Waals surface area contributed by atoms with Crippen LogP contribution in [0.3, 0.4) is 0 Å². The van der Waals surface area contributed by atoms with Crippen molar-refractivity contribution in [1.82, 2.24) is 9.21 Å². The number of piperidine rings is 1. The minimum Gasteiger partial charge on any atom is -0.481 e. The highest BCUT2D eigenvalue weighted by Crippen LogP contribution is 2.48. The molecule has 2 aromatic carbocycles. The fraction of sp³-hybridized carbons (Fsp3) is 0.500. The lowest BCUT2D eigenvalue weighted by molar-refractivity contribution is -0.157. The monoisotopic (exact) mass is 580 g/mol. The van der Waals surface area contributed by atoms with Crippen molar-refractivity contribution >= 4 is 45.1 Å². The molecule has 1 heterocycles. The van der Waals surface area contributed by atoms with E-state index in [1.807, 2.05) is 37.3 Å². The largest absolute Gasteiger partial charge is 0.481 e. The first-order valence-electron chi connectivity index (χ1n) is 13.0. The lowest BCUT2D eigenvalue weighted by atomic mass is 9.71. The summed E-state index contributed by atoms with van der Waals surface area (Å²) in [5.74, 6) is -3.27. The lowest BCUT2D eigenvalue weighted by Gasteiger charge is -2.49. The molecule has 5 atom stereocenters. The summed E-state index contributed by atoms with van der Waals surface area (Å²) in [7, 11) is -1.90. The molecule has 7 nitrogen and oxygen atoms in total. The van der Waals surface area contributed by atoms with Gasteiger partial charge in [-0.05, 0) is 61.1 Å². The third-order valence-electron chi connectivity index (χ3n) is 7.95. The molecule has 2 aliphatic rings. The topological polar surface area (TPSA) is 95.0 Å². The quantitative estimate of drug-likeness (QED) is 0.395. The number of amides is 1. The summed E-state index contributed by atoms with van der Waals surface area (Å²) in [6.07, 6.45) is 2.11. The zero-order chi connectivity index (χ0) is 27.8. The summed E-state index contributed by atoms with van der Waals surface area (Å²) in [6.45, 7) is 3.61. The SMILES string of the molecule is CCC(CN(C)S(=O)(=O)C1CC1)N1C(=O)[C@H](C(C)C(=O)O)C[C@H](c2cccc(Cl)c2)[C@H]1c1ccc(Cl)cc1. The van der Waals surface area contributed by atoms with Crippen LogP contribution in [0.15, 0.2) is 48.5 Å². The molecule has 1 aliphatic carbocycles. The van der Waals surface area contributed by atoms with Crippen molar-refractivity contribution in [1.29, 1.82) is 0 Å². The predicted octanol–water partition coefficient (Wildman–Crippen LogP) is 5.59. The molecule has 38 heavy (non-hydrogen) atoms. The molecule has 0 radical (unpaired) electrons. The first-order valence-corrected chi connectivity index (χ1v) is 15.2. The fourth-order valence-electron chi connectivity index (χ4n) is 5.57. The van der Waals surface area contributed by atoms with E-state index in [1.165, 1.54) is 4.31 Å². The van der Waals surface area contributed by atoms with Crippen LogP contribution in [0, 0.1) is 11.8 Å². The van der Waals surface area contributed by atoms with E-state index in [0.717, 1.165) is 11.1 Å². The van der Waals surface area contributed by atoms with Crippen LogP contribution in [0.5, 0.6) is 0 Å². The maximum Gasteiger partial charge on any atom is 0.307 e. The average Bonchev–Trinajstić information content (AvgIpc) is 3.73. The van der Waals surface area contributed by atoms with E-state index < -0.39 is 39.9 Å². The van der Waals surface area contributed by atoms with Gasteiger partial charge in [-0.3, -0.25) is 9.59 Å². The van der Waals surface area contributed by atoms with Gasteiger partial charge in [0.1, 0.15) is 0 Å². The Labute approximate surface area is 234 Å². The van der Waals surface area contributed by atoms with Gasteiger partial charge in [-0.2, -0.15) is 0 Å². The number of carbonyl (C=O) groups excluding carboxylic acids is 1. The van der Waals surface area contributed by atoms with Crippen molar-refractivity contribution in [3.63, 3.8) is 0 Å². The Morgan fingerprint density at radius 1 is 1.11 bits per heavy atom. The molecular formula is C28H34Cl2N2O5S. The number of carbonyl (C=O) groups is 2. The number of likely N-dealkylation sites (tertiary alicyclic amines) is 1. The molecule has 206 valence electrons. The number of benzene rings is 2. The Balaban J connectivity index is 1.84. The normalized spacial score (nSPS) is 23.9. The molecule has 0 bridgehead atoms. The number of carboxylic acids is 1. The summed E-state index contributed by atoms with van der Waals surface area (Å²) < 4.78 is 27.4. The Hall–Kier alpha value is -2.13. The van der Waals surface area contributed by atoms with Gasteiger partial charge >= 0.3 is 5.97 Å². The molecular weight excluding hydrogens is 547 g/mol. The first kappa shape index (κ1) is 28.9. The van der Waals surface area contributed by atoms with Gasteiger partial charge in [0.2, 0.25) is 15.9 Å². The zero-order valence-corrected chi connectivity index (χ0v) is 24.1. The van der Waals surface area contributed by atoms with Crippen LogP contribution in [0.1, 0.15) is 62.6 Å². The van der Waals surface area contributed by atoms with Gasteiger partial charge in [0.15, 0.2) is 0 Å². The van der Waals surface area contributed by atoms with Crippen LogP contribution in [0.4, 0.5) is 0 Å². The Morgan fingerprint density at radius 2 is 1.76 bits per heavy atom. The first-order chi connectivity index (χ1) is 17.9. The molecule has 0 aromatic heterocycles. The van der Waals surface area contributed by atoms with Crippen molar-refractivity contribution < 1.29 is 23.1 Å². The molecule has 1 N–H and O–H groups in total. The second-order valence-corrected chi connectivity index (χ2v) is 13.7. The van der Waals surface area contributed by atoms with Gasteiger partial charge < -0.3 is 10.0 Å². The summed E-state index contributed by atoms with van der Waals surface area (Å²) in [6, 6.07) is 13.8. The van der Waals surface area contributed by atoms with Crippen molar-refractivity contribution in [3.8, 4) is 0 Å². The number of carboxylic acid groups (broad SMARTS) is 1. The van der Waals surface area contributed by atoms with Crippen LogP contribution in [-0.4, -0.2) is 59.5 Å². The molecule has 1 amide bonds. The third-order valence-corrected chi connectivity index (χ3v) is 10.8. The minimum atomic E-state index is -3.46. The van der Waals surface area contributed by atoms with E-state index in [1.54, 1.807) is 37.1 Å². The smallest absolute Gasteiger partial charge is 0.307 e. The number of hydrogen-bond donors (Lipinski definition) is 1. The molecule has 2 fully saturated rings. The Bertz CT molecular complexity index is 1280. The second-order valence-electron chi connectivity index (χ2n) is 10.5. The fourth-order valence-corrected chi connectivity index (χ4v) is 7.51. The van der Waals surface area contributed by atoms with Crippen LogP contribution >= 0.6 is 23.2 Å². The van der Waals surface area contributed by atoms with Crippen molar-refractivity contribution in [2.75, 3.05) is 13.6 Å². The van der Waals surface area contributed by atoms with E-state index in [9.17, 15) is 23.1 Å². The Kier molecular flexibility index (Phi) is 8.77. The number of hydrogen-bond acceptors (Lipinski definition) is 4. The van der Waals surface area contributed by atoms with Crippen molar-refractivity contribution in [3.05, 3.63) is 69.7 Å². The maximum absolute atomic E-state index is 14.2. The number of sulfonamides is 1. The third kappa shape index (κ3) is 5.88. The Morgan fingerprint density at radius 3 is 2.32 bits per heavy atom. The number of rotatable bonds is 10. The van der Waals surface area contributed by atoms with Crippen molar-refractivity contribution in [2.24, 2.45) is 11.8 Å². The molecule has 10 heteroatoms. The van der Waals surface area contributed by atoms with Gasteiger partial charge in [0.05, 0.1) is 23.1 Å². The number of nitrogens with zero attached hydrogens (tertiary/aromatic N) is 2. The average molecular weight is 582 g/mol. The lowest BCUT2D eigenvalue weighted by Crippen LogP contribution is -2.56. The highest BCUT2D eigenvalue weighted by molar-refractivity contribution is 7.90. The van der Waals surface area contributed by atoms with Crippen LogP contribution in [0.2, 0.25) is 10.0 Å². The molecule has 2 unspecified atom stereocenters. The van der Waals surface area contributed by atoms with Gasteiger partial charge in [0, 0.05) is 35.6 Å². The van der Waals surface area contributed by atoms with E-state index in [-0.39, 0.29) is 23.6 Å². The molecule has 1 aliphatic heterocycles. The molecule has 0 spiro atoms. The van der Waals surface area contributed by atoms with E-state index in [2.05, 4.69) is 0 Å². The minimum absolute atomic E-state index is 0.127. The summed E-state index contributed by atoms with van der Waals surface area (Å²) >= 11 is 12.6. The number of halogens is 2. The second kappa shape index (κ2) is 11.5. The van der Waals surface area contributed by atoms with E-state index >= 15 is 0 Å². The van der Waals surface area contributed by atoms with E-state index in [4.69, 9.17) is 23.2 Å². The van der Waals surface area contributed by atoms with E-state index in [0.29, 0.717) is 35.7 Å². The van der Waals surface area contributed by atoms with Gasteiger partial charge in [-0.15, -0.1) is 0 Å².